The van der Waals surface area contributed by atoms with E-state index in [-0.39, 0.29) is 5.91 Å². The third-order valence-corrected chi connectivity index (χ3v) is 6.68. The SMILES string of the molecule is Cc1ccc(-n2c(SCC(=O)N[C@@H]3CCCC[C@H]3C)nnc2-c2ccccc2)cc1. The van der Waals surface area contributed by atoms with Gasteiger partial charge in [0.25, 0.3) is 0 Å². The highest BCUT2D eigenvalue weighted by Gasteiger charge is 2.23. The Balaban J connectivity index is 1.55. The molecule has 0 saturated heterocycles. The fraction of sp³-hybridized carbons (Fsp3) is 0.375. The molecule has 156 valence electrons. The van der Waals surface area contributed by atoms with E-state index >= 15 is 0 Å². The Morgan fingerprint density at radius 2 is 1.80 bits per heavy atom. The van der Waals surface area contributed by atoms with E-state index in [2.05, 4.69) is 53.6 Å². The van der Waals surface area contributed by atoms with Crippen molar-refractivity contribution < 1.29 is 4.79 Å². The van der Waals surface area contributed by atoms with Crippen LogP contribution in [0.4, 0.5) is 0 Å². The van der Waals surface area contributed by atoms with Crippen molar-refractivity contribution >= 4 is 17.7 Å². The van der Waals surface area contributed by atoms with Gasteiger partial charge >= 0.3 is 0 Å². The molecule has 4 rings (SSSR count). The lowest BCUT2D eigenvalue weighted by molar-refractivity contribution is -0.119. The monoisotopic (exact) mass is 420 g/mol. The highest BCUT2D eigenvalue weighted by atomic mass is 32.2. The summed E-state index contributed by atoms with van der Waals surface area (Å²) in [6.07, 6.45) is 4.74. The van der Waals surface area contributed by atoms with Crippen molar-refractivity contribution in [3.8, 4) is 17.1 Å². The number of thioether (sulfide) groups is 1. The minimum Gasteiger partial charge on any atom is -0.352 e. The second kappa shape index (κ2) is 9.47. The Morgan fingerprint density at radius 1 is 1.07 bits per heavy atom. The number of nitrogens with zero attached hydrogens (tertiary/aromatic N) is 3. The van der Waals surface area contributed by atoms with Gasteiger partial charge in [-0.3, -0.25) is 9.36 Å². The maximum absolute atomic E-state index is 12.6. The van der Waals surface area contributed by atoms with Crippen molar-refractivity contribution in [2.24, 2.45) is 5.92 Å². The van der Waals surface area contributed by atoms with Crippen molar-refractivity contribution in [1.29, 1.82) is 0 Å². The minimum absolute atomic E-state index is 0.0680. The molecule has 5 nitrogen and oxygen atoms in total. The number of hydrogen-bond donors (Lipinski definition) is 1. The molecule has 0 spiro atoms. The van der Waals surface area contributed by atoms with Crippen LogP contribution >= 0.6 is 11.8 Å². The zero-order valence-corrected chi connectivity index (χ0v) is 18.4. The number of carbonyl (C=O) groups is 1. The van der Waals surface area contributed by atoms with Gasteiger partial charge in [0.15, 0.2) is 11.0 Å². The molecular weight excluding hydrogens is 392 g/mol. The summed E-state index contributed by atoms with van der Waals surface area (Å²) in [6.45, 7) is 4.30. The van der Waals surface area contributed by atoms with Gasteiger partial charge in [-0.2, -0.15) is 0 Å². The second-order valence-corrected chi connectivity index (χ2v) is 9.01. The molecule has 0 aliphatic heterocycles. The minimum atomic E-state index is 0.0680. The molecule has 6 heteroatoms. The lowest BCUT2D eigenvalue weighted by Gasteiger charge is -2.29. The molecule has 1 aliphatic carbocycles. The standard InChI is InChI=1S/C24H28N4OS/c1-17-12-14-20(15-13-17)28-23(19-9-4-3-5-10-19)26-27-24(28)30-16-22(29)25-21-11-7-6-8-18(21)2/h3-5,9-10,12-15,18,21H,6-8,11,16H2,1-2H3,(H,25,29)/t18-,21-/m1/s1. The van der Waals surface area contributed by atoms with Crippen molar-refractivity contribution in [3.05, 3.63) is 60.2 Å². The van der Waals surface area contributed by atoms with Gasteiger partial charge in [0.2, 0.25) is 5.91 Å². The summed E-state index contributed by atoms with van der Waals surface area (Å²) < 4.78 is 2.04. The Bertz CT molecular complexity index is 984. The van der Waals surface area contributed by atoms with Gasteiger partial charge in [-0.15, -0.1) is 10.2 Å². The van der Waals surface area contributed by atoms with Crippen molar-refractivity contribution in [2.45, 2.75) is 50.7 Å². The van der Waals surface area contributed by atoms with Crippen LogP contribution in [0.3, 0.4) is 0 Å². The predicted molar refractivity (Wildman–Crippen MR) is 122 cm³/mol. The molecular formula is C24H28N4OS. The van der Waals surface area contributed by atoms with Crippen LogP contribution in [0.25, 0.3) is 17.1 Å². The summed E-state index contributed by atoms with van der Waals surface area (Å²) >= 11 is 1.44. The van der Waals surface area contributed by atoms with Crippen LogP contribution in [0, 0.1) is 12.8 Å². The Labute approximate surface area is 182 Å². The molecule has 2 aromatic carbocycles. The van der Waals surface area contributed by atoms with Crippen molar-refractivity contribution in [3.63, 3.8) is 0 Å². The van der Waals surface area contributed by atoms with Gasteiger partial charge in [0, 0.05) is 17.3 Å². The molecule has 1 fully saturated rings. The van der Waals surface area contributed by atoms with Crippen LogP contribution in [0.1, 0.15) is 38.2 Å². The van der Waals surface area contributed by atoms with Crippen molar-refractivity contribution in [2.75, 3.05) is 5.75 Å². The molecule has 1 heterocycles. The van der Waals surface area contributed by atoms with Gasteiger partial charge in [-0.1, -0.05) is 79.6 Å². The first kappa shape index (κ1) is 20.7. The molecule has 0 unspecified atom stereocenters. The first-order valence-corrected chi connectivity index (χ1v) is 11.6. The van der Waals surface area contributed by atoms with E-state index in [1.165, 1.54) is 36.6 Å². The van der Waals surface area contributed by atoms with Gasteiger partial charge in [-0.25, -0.2) is 0 Å². The first-order valence-electron chi connectivity index (χ1n) is 10.6. The third kappa shape index (κ3) is 4.75. The number of aryl methyl sites for hydroxylation is 1. The van der Waals surface area contributed by atoms with Gasteiger partial charge in [0.05, 0.1) is 5.75 Å². The molecule has 1 N–H and O–H groups in total. The normalized spacial score (nSPS) is 18.9. The van der Waals surface area contributed by atoms with Crippen LogP contribution in [0.5, 0.6) is 0 Å². The molecule has 30 heavy (non-hydrogen) atoms. The molecule has 1 saturated carbocycles. The Morgan fingerprint density at radius 3 is 2.53 bits per heavy atom. The third-order valence-electron chi connectivity index (χ3n) is 5.75. The number of benzene rings is 2. The molecule has 0 radical (unpaired) electrons. The smallest absolute Gasteiger partial charge is 0.230 e. The molecule has 3 aromatic rings. The maximum Gasteiger partial charge on any atom is 0.230 e. The summed E-state index contributed by atoms with van der Waals surface area (Å²) in [5, 5.41) is 12.8. The molecule has 1 amide bonds. The molecule has 2 atom stereocenters. The zero-order chi connectivity index (χ0) is 20.9. The predicted octanol–water partition coefficient (Wildman–Crippen LogP) is 5.03. The topological polar surface area (TPSA) is 59.8 Å². The number of rotatable bonds is 6. The van der Waals surface area contributed by atoms with Gasteiger partial charge < -0.3 is 5.32 Å². The van der Waals surface area contributed by atoms with Crippen LogP contribution in [-0.4, -0.2) is 32.5 Å². The van der Waals surface area contributed by atoms with Gasteiger partial charge in [-0.05, 0) is 37.8 Å². The van der Waals surface area contributed by atoms with Crippen LogP contribution in [-0.2, 0) is 4.79 Å². The fourth-order valence-corrected chi connectivity index (χ4v) is 4.74. The number of aromatic nitrogens is 3. The Kier molecular flexibility index (Phi) is 6.53. The van der Waals surface area contributed by atoms with E-state index in [1.807, 2.05) is 34.9 Å². The van der Waals surface area contributed by atoms with Crippen LogP contribution in [0.2, 0.25) is 0 Å². The van der Waals surface area contributed by atoms with Gasteiger partial charge in [0.1, 0.15) is 0 Å². The summed E-state index contributed by atoms with van der Waals surface area (Å²) in [5.74, 6) is 1.73. The highest BCUT2D eigenvalue weighted by molar-refractivity contribution is 7.99. The number of carbonyl (C=O) groups excluding carboxylic acids is 1. The van der Waals surface area contributed by atoms with E-state index in [0.29, 0.717) is 17.7 Å². The quantitative estimate of drug-likeness (QED) is 0.568. The van der Waals surface area contributed by atoms with E-state index in [9.17, 15) is 4.79 Å². The largest absolute Gasteiger partial charge is 0.352 e. The summed E-state index contributed by atoms with van der Waals surface area (Å²) in [4.78, 5) is 12.6. The maximum atomic E-state index is 12.6. The van der Waals surface area contributed by atoms with E-state index in [4.69, 9.17) is 0 Å². The second-order valence-electron chi connectivity index (χ2n) is 8.07. The zero-order valence-electron chi connectivity index (χ0n) is 17.5. The summed E-state index contributed by atoms with van der Waals surface area (Å²) in [7, 11) is 0. The fourth-order valence-electron chi connectivity index (χ4n) is 3.97. The number of hydrogen-bond acceptors (Lipinski definition) is 4. The number of nitrogens with one attached hydrogen (secondary N) is 1. The highest BCUT2D eigenvalue weighted by Crippen LogP contribution is 2.28. The van der Waals surface area contributed by atoms with Crippen molar-refractivity contribution in [1.82, 2.24) is 20.1 Å². The molecule has 1 aliphatic rings. The lowest BCUT2D eigenvalue weighted by Crippen LogP contribution is -2.41. The molecule has 0 bridgehead atoms. The average Bonchev–Trinajstić information content (AvgIpc) is 3.19. The average molecular weight is 421 g/mol. The molecule has 1 aromatic heterocycles. The van der Waals surface area contributed by atoms with E-state index in [1.54, 1.807) is 0 Å². The summed E-state index contributed by atoms with van der Waals surface area (Å²) in [5.41, 5.74) is 3.19. The van der Waals surface area contributed by atoms with E-state index in [0.717, 1.165) is 28.7 Å². The summed E-state index contributed by atoms with van der Waals surface area (Å²) in [6, 6.07) is 18.6. The van der Waals surface area contributed by atoms with E-state index < -0.39 is 0 Å². The number of amides is 1. The van der Waals surface area contributed by atoms with Crippen LogP contribution in [0.15, 0.2) is 59.8 Å². The van der Waals surface area contributed by atoms with Crippen LogP contribution < -0.4 is 5.32 Å². The first-order chi connectivity index (χ1) is 14.6. The Hall–Kier alpha value is -2.60. The lowest BCUT2D eigenvalue weighted by atomic mass is 9.86.